The number of hydrogen-bond donors (Lipinski definition) is 1. The van der Waals surface area contributed by atoms with E-state index in [2.05, 4.69) is 59.9 Å². The van der Waals surface area contributed by atoms with E-state index < -0.39 is 0 Å². The molecular weight excluding hydrogens is 270 g/mol. The minimum atomic E-state index is 0.696. The Kier molecular flexibility index (Phi) is 4.71. The first-order valence-corrected chi connectivity index (χ1v) is 7.76. The average Bonchev–Trinajstić information content (AvgIpc) is 2.56. The molecule has 0 aromatic heterocycles. The van der Waals surface area contributed by atoms with Gasteiger partial charge in [0.1, 0.15) is 5.75 Å². The molecule has 1 N–H and O–H groups in total. The fourth-order valence-corrected chi connectivity index (χ4v) is 2.64. The molecule has 2 heteroatoms. The van der Waals surface area contributed by atoms with Gasteiger partial charge in [-0.15, -0.1) is 0 Å². The number of hydrogen-bond acceptors (Lipinski definition) is 2. The van der Waals surface area contributed by atoms with Crippen LogP contribution in [0.5, 0.6) is 5.75 Å². The lowest BCUT2D eigenvalue weighted by Crippen LogP contribution is -2.13. The van der Waals surface area contributed by atoms with Gasteiger partial charge in [0.15, 0.2) is 0 Å². The fraction of sp³-hybridized carbons (Fsp3) is 0.200. The first-order valence-electron chi connectivity index (χ1n) is 7.76. The van der Waals surface area contributed by atoms with Crippen LogP contribution in [0, 0.1) is 0 Å². The van der Waals surface area contributed by atoms with Crippen LogP contribution in [0.15, 0.2) is 66.7 Å². The largest absolute Gasteiger partial charge is 0.494 e. The zero-order valence-electron chi connectivity index (χ0n) is 12.9. The van der Waals surface area contributed by atoms with Crippen molar-refractivity contribution in [2.45, 2.75) is 20.0 Å². The van der Waals surface area contributed by atoms with Crippen LogP contribution in [-0.4, -0.2) is 6.61 Å². The molecule has 0 heterocycles. The minimum Gasteiger partial charge on any atom is -0.494 e. The van der Waals surface area contributed by atoms with Crippen LogP contribution in [-0.2, 0) is 13.1 Å². The van der Waals surface area contributed by atoms with Crippen LogP contribution < -0.4 is 10.1 Å². The lowest BCUT2D eigenvalue weighted by atomic mass is 10.1. The van der Waals surface area contributed by atoms with Crippen LogP contribution in [0.1, 0.15) is 18.1 Å². The first kappa shape index (κ1) is 14.6. The van der Waals surface area contributed by atoms with Gasteiger partial charge < -0.3 is 10.1 Å². The summed E-state index contributed by atoms with van der Waals surface area (Å²) in [5.41, 5.74) is 2.50. The van der Waals surface area contributed by atoms with Gasteiger partial charge in [0.25, 0.3) is 0 Å². The quantitative estimate of drug-likeness (QED) is 0.720. The molecule has 0 fully saturated rings. The summed E-state index contributed by atoms with van der Waals surface area (Å²) in [4.78, 5) is 0. The number of benzene rings is 3. The standard InChI is InChI=1S/C20H21NO/c1-2-22-20-10-6-5-9-19(20)15-21-14-16-11-12-17-7-3-4-8-18(17)13-16/h3-13,21H,2,14-15H2,1H3. The summed E-state index contributed by atoms with van der Waals surface area (Å²) in [7, 11) is 0. The molecule has 2 nitrogen and oxygen atoms in total. The third-order valence-corrected chi connectivity index (χ3v) is 3.73. The molecule has 0 aliphatic rings. The highest BCUT2D eigenvalue weighted by Crippen LogP contribution is 2.18. The van der Waals surface area contributed by atoms with Crippen LogP contribution >= 0.6 is 0 Å². The van der Waals surface area contributed by atoms with Crippen molar-refractivity contribution in [1.29, 1.82) is 0 Å². The summed E-state index contributed by atoms with van der Waals surface area (Å²) in [6.45, 7) is 4.37. The summed E-state index contributed by atoms with van der Waals surface area (Å²) >= 11 is 0. The van der Waals surface area contributed by atoms with Crippen molar-refractivity contribution in [3.8, 4) is 5.75 Å². The third kappa shape index (κ3) is 3.46. The molecule has 3 aromatic rings. The molecule has 0 atom stereocenters. The van der Waals surface area contributed by atoms with E-state index in [1.165, 1.54) is 21.9 Å². The van der Waals surface area contributed by atoms with Gasteiger partial charge in [-0.25, -0.2) is 0 Å². The second kappa shape index (κ2) is 7.10. The summed E-state index contributed by atoms with van der Waals surface area (Å²) in [5.74, 6) is 0.969. The Morgan fingerprint density at radius 1 is 0.818 bits per heavy atom. The number of ether oxygens (including phenoxy) is 1. The maximum Gasteiger partial charge on any atom is 0.123 e. The van der Waals surface area contributed by atoms with Crippen molar-refractivity contribution in [2.75, 3.05) is 6.61 Å². The normalized spacial score (nSPS) is 10.8. The summed E-state index contributed by atoms with van der Waals surface area (Å²) in [6, 6.07) is 23.3. The minimum absolute atomic E-state index is 0.696. The summed E-state index contributed by atoms with van der Waals surface area (Å²) in [5, 5.41) is 6.08. The highest BCUT2D eigenvalue weighted by Gasteiger charge is 2.02. The van der Waals surface area contributed by atoms with Gasteiger partial charge in [-0.1, -0.05) is 54.6 Å². The molecule has 0 saturated carbocycles. The maximum absolute atomic E-state index is 5.66. The van der Waals surface area contributed by atoms with E-state index in [9.17, 15) is 0 Å². The zero-order chi connectivity index (χ0) is 15.2. The van der Waals surface area contributed by atoms with E-state index in [0.717, 1.165) is 18.8 Å². The lowest BCUT2D eigenvalue weighted by Gasteiger charge is -2.11. The average molecular weight is 291 g/mol. The van der Waals surface area contributed by atoms with Gasteiger partial charge in [0, 0.05) is 18.7 Å². The molecular formula is C20H21NO. The van der Waals surface area contributed by atoms with Crippen LogP contribution in [0.4, 0.5) is 0 Å². The Morgan fingerprint density at radius 3 is 2.45 bits per heavy atom. The first-order chi connectivity index (χ1) is 10.9. The molecule has 0 spiro atoms. The molecule has 0 saturated heterocycles. The van der Waals surface area contributed by atoms with Gasteiger partial charge in [-0.3, -0.25) is 0 Å². The van der Waals surface area contributed by atoms with E-state index in [0.29, 0.717) is 6.61 Å². The second-order valence-electron chi connectivity index (χ2n) is 5.33. The molecule has 0 aliphatic heterocycles. The molecule has 0 aliphatic carbocycles. The van der Waals surface area contributed by atoms with Gasteiger partial charge in [-0.2, -0.15) is 0 Å². The molecule has 3 aromatic carbocycles. The molecule has 3 rings (SSSR count). The monoisotopic (exact) mass is 291 g/mol. The number of para-hydroxylation sites is 1. The van der Waals surface area contributed by atoms with E-state index in [1.54, 1.807) is 0 Å². The lowest BCUT2D eigenvalue weighted by molar-refractivity contribution is 0.335. The molecule has 0 amide bonds. The van der Waals surface area contributed by atoms with Gasteiger partial charge in [0.2, 0.25) is 0 Å². The van der Waals surface area contributed by atoms with Crippen LogP contribution in [0.2, 0.25) is 0 Å². The van der Waals surface area contributed by atoms with E-state index >= 15 is 0 Å². The van der Waals surface area contributed by atoms with Crippen molar-refractivity contribution in [1.82, 2.24) is 5.32 Å². The van der Waals surface area contributed by atoms with Crippen molar-refractivity contribution in [3.63, 3.8) is 0 Å². The van der Waals surface area contributed by atoms with Gasteiger partial charge >= 0.3 is 0 Å². The SMILES string of the molecule is CCOc1ccccc1CNCc1ccc2ccccc2c1. The van der Waals surface area contributed by atoms with E-state index in [1.807, 2.05) is 19.1 Å². The number of nitrogens with one attached hydrogen (secondary N) is 1. The van der Waals surface area contributed by atoms with Crippen molar-refractivity contribution >= 4 is 10.8 Å². The highest BCUT2D eigenvalue weighted by atomic mass is 16.5. The molecule has 22 heavy (non-hydrogen) atoms. The van der Waals surface area contributed by atoms with Gasteiger partial charge in [-0.05, 0) is 35.4 Å². The number of rotatable bonds is 6. The van der Waals surface area contributed by atoms with Gasteiger partial charge in [0.05, 0.1) is 6.61 Å². The maximum atomic E-state index is 5.66. The predicted molar refractivity (Wildman–Crippen MR) is 92.1 cm³/mol. The van der Waals surface area contributed by atoms with E-state index in [4.69, 9.17) is 4.74 Å². The molecule has 0 bridgehead atoms. The Bertz CT molecular complexity index is 751. The second-order valence-corrected chi connectivity index (χ2v) is 5.33. The summed E-state index contributed by atoms with van der Waals surface area (Å²) < 4.78 is 5.66. The molecule has 112 valence electrons. The fourth-order valence-electron chi connectivity index (χ4n) is 2.64. The summed E-state index contributed by atoms with van der Waals surface area (Å²) in [6.07, 6.45) is 0. The molecule has 0 radical (unpaired) electrons. The Balaban J connectivity index is 1.64. The number of fused-ring (bicyclic) bond motifs is 1. The van der Waals surface area contributed by atoms with E-state index in [-0.39, 0.29) is 0 Å². The Labute approximate surface area is 131 Å². The smallest absolute Gasteiger partial charge is 0.123 e. The van der Waals surface area contributed by atoms with Crippen LogP contribution in [0.3, 0.4) is 0 Å². The highest BCUT2D eigenvalue weighted by molar-refractivity contribution is 5.82. The van der Waals surface area contributed by atoms with Crippen molar-refractivity contribution in [2.24, 2.45) is 0 Å². The van der Waals surface area contributed by atoms with Crippen molar-refractivity contribution < 1.29 is 4.74 Å². The Morgan fingerprint density at radius 2 is 1.59 bits per heavy atom. The van der Waals surface area contributed by atoms with Crippen LogP contribution in [0.25, 0.3) is 10.8 Å². The predicted octanol–water partition coefficient (Wildman–Crippen LogP) is 4.53. The Hall–Kier alpha value is -2.32. The zero-order valence-corrected chi connectivity index (χ0v) is 12.9. The topological polar surface area (TPSA) is 21.3 Å². The molecule has 0 unspecified atom stereocenters. The third-order valence-electron chi connectivity index (χ3n) is 3.73. The van der Waals surface area contributed by atoms with Crippen molar-refractivity contribution in [3.05, 3.63) is 77.9 Å².